The van der Waals surface area contributed by atoms with Crippen molar-refractivity contribution in [2.45, 2.75) is 33.9 Å². The molecule has 0 amide bonds. The normalized spacial score (nSPS) is 11.3. The van der Waals surface area contributed by atoms with Gasteiger partial charge in [-0.15, -0.1) is 0 Å². The number of ether oxygens (including phenoxy) is 1. The van der Waals surface area contributed by atoms with Crippen molar-refractivity contribution < 1.29 is 9.53 Å². The van der Waals surface area contributed by atoms with Gasteiger partial charge in [-0.1, -0.05) is 32.4 Å². The minimum absolute atomic E-state index is 0.160. The molecule has 0 aromatic carbocycles. The monoisotopic (exact) mass is 336 g/mol. The summed E-state index contributed by atoms with van der Waals surface area (Å²) < 4.78 is 6.59. The first-order valence-electron chi connectivity index (χ1n) is 7.29. The van der Waals surface area contributed by atoms with Gasteiger partial charge >= 0.3 is 5.97 Å². The van der Waals surface area contributed by atoms with E-state index in [9.17, 15) is 4.79 Å². The number of rotatable bonds is 5. The fourth-order valence-electron chi connectivity index (χ4n) is 2.09. The maximum Gasteiger partial charge on any atom is 0.338 e. The van der Waals surface area contributed by atoms with Gasteiger partial charge in [0, 0.05) is 18.8 Å². The molecule has 6 nitrogen and oxygen atoms in total. The lowest BCUT2D eigenvalue weighted by Gasteiger charge is -2.17. The molecule has 0 atom stereocenters. The van der Waals surface area contributed by atoms with E-state index >= 15 is 0 Å². The summed E-state index contributed by atoms with van der Waals surface area (Å²) in [5.41, 5.74) is 1.18. The molecule has 0 aliphatic heterocycles. The Bertz CT molecular complexity index is 692. The number of methoxy groups -OCH3 is 1. The summed E-state index contributed by atoms with van der Waals surface area (Å²) in [5, 5.41) is 7.89. The number of pyridine rings is 1. The van der Waals surface area contributed by atoms with Crippen LogP contribution in [0.3, 0.4) is 0 Å². The Kier molecular flexibility index (Phi) is 5.26. The summed E-state index contributed by atoms with van der Waals surface area (Å²) in [6, 6.07) is 5.03. The highest BCUT2D eigenvalue weighted by atomic mass is 35.5. The lowest BCUT2D eigenvalue weighted by molar-refractivity contribution is 0.0600. The van der Waals surface area contributed by atoms with Gasteiger partial charge in [0.25, 0.3) is 0 Å². The van der Waals surface area contributed by atoms with E-state index < -0.39 is 5.97 Å². The summed E-state index contributed by atoms with van der Waals surface area (Å²) in [6.07, 6.45) is 1.93. The van der Waals surface area contributed by atoms with Gasteiger partial charge in [-0.25, -0.2) is 9.78 Å². The molecule has 124 valence electrons. The second-order valence-electron chi connectivity index (χ2n) is 6.47. The van der Waals surface area contributed by atoms with Crippen molar-refractivity contribution in [2.24, 2.45) is 5.41 Å². The Hall–Kier alpha value is -2.08. The minimum atomic E-state index is -0.440. The molecule has 0 bridgehead atoms. The number of esters is 1. The van der Waals surface area contributed by atoms with Crippen LogP contribution in [0.1, 0.15) is 36.8 Å². The van der Waals surface area contributed by atoms with E-state index in [1.54, 1.807) is 6.07 Å². The number of hydrogen-bond donors (Lipinski definition) is 1. The Morgan fingerprint density at radius 3 is 2.78 bits per heavy atom. The summed E-state index contributed by atoms with van der Waals surface area (Å²) in [6.45, 7) is 7.72. The van der Waals surface area contributed by atoms with E-state index in [2.05, 4.69) is 36.2 Å². The van der Waals surface area contributed by atoms with Crippen molar-refractivity contribution in [3.8, 4) is 0 Å². The minimum Gasteiger partial charge on any atom is -0.465 e. The number of nitrogens with one attached hydrogen (secondary N) is 1. The maximum atomic E-state index is 11.6. The molecular weight excluding hydrogens is 316 g/mol. The van der Waals surface area contributed by atoms with Crippen LogP contribution in [0.25, 0.3) is 0 Å². The molecule has 0 aliphatic carbocycles. The van der Waals surface area contributed by atoms with Gasteiger partial charge in [-0.05, 0) is 17.5 Å². The van der Waals surface area contributed by atoms with Gasteiger partial charge in [0.1, 0.15) is 11.0 Å². The first kappa shape index (κ1) is 17.3. The molecule has 1 N–H and O–H groups in total. The van der Waals surface area contributed by atoms with Crippen LogP contribution in [0.4, 0.5) is 5.82 Å². The van der Waals surface area contributed by atoms with Gasteiger partial charge in [-0.2, -0.15) is 5.10 Å². The van der Waals surface area contributed by atoms with Gasteiger partial charge in [-0.3, -0.25) is 4.68 Å². The number of nitrogens with zero attached hydrogens (tertiary/aromatic N) is 3. The van der Waals surface area contributed by atoms with Crippen LogP contribution in [0, 0.1) is 5.41 Å². The van der Waals surface area contributed by atoms with Gasteiger partial charge in [0.2, 0.25) is 0 Å². The molecule has 0 fully saturated rings. The van der Waals surface area contributed by atoms with Crippen molar-refractivity contribution in [2.75, 3.05) is 12.4 Å². The second kappa shape index (κ2) is 7.00. The van der Waals surface area contributed by atoms with Crippen molar-refractivity contribution in [1.29, 1.82) is 0 Å². The zero-order valence-electron chi connectivity index (χ0n) is 13.8. The zero-order chi connectivity index (χ0) is 17.0. The van der Waals surface area contributed by atoms with E-state index in [-0.39, 0.29) is 10.6 Å². The highest BCUT2D eigenvalue weighted by molar-refractivity contribution is 6.29. The molecule has 2 rings (SSSR count). The third kappa shape index (κ3) is 5.25. The zero-order valence-corrected chi connectivity index (χ0v) is 14.5. The average Bonchev–Trinajstić information content (AvgIpc) is 2.89. The summed E-state index contributed by atoms with van der Waals surface area (Å²) in [4.78, 5) is 15.8. The molecule has 2 heterocycles. The van der Waals surface area contributed by atoms with Crippen molar-refractivity contribution in [3.63, 3.8) is 0 Å². The number of carbonyl (C=O) groups is 1. The van der Waals surface area contributed by atoms with Crippen LogP contribution < -0.4 is 5.32 Å². The van der Waals surface area contributed by atoms with Crippen LogP contribution in [-0.4, -0.2) is 27.8 Å². The van der Waals surface area contributed by atoms with Crippen LogP contribution >= 0.6 is 11.6 Å². The Morgan fingerprint density at radius 1 is 1.39 bits per heavy atom. The first-order valence-corrected chi connectivity index (χ1v) is 7.67. The number of anilines is 1. The Morgan fingerprint density at radius 2 is 2.13 bits per heavy atom. The molecular formula is C16H21ClN4O2. The SMILES string of the molecule is COC(=O)c1cc(Cl)nc(CNc2ccn(CC(C)(C)C)n2)c1. The largest absolute Gasteiger partial charge is 0.465 e. The van der Waals surface area contributed by atoms with Crippen molar-refractivity contribution >= 4 is 23.4 Å². The topological polar surface area (TPSA) is 69.0 Å². The molecule has 23 heavy (non-hydrogen) atoms. The van der Waals surface area contributed by atoms with Gasteiger partial charge < -0.3 is 10.1 Å². The molecule has 0 spiro atoms. The smallest absolute Gasteiger partial charge is 0.338 e. The highest BCUT2D eigenvalue weighted by Crippen LogP contribution is 2.17. The first-order chi connectivity index (χ1) is 10.8. The van der Waals surface area contributed by atoms with Crippen molar-refractivity contribution in [3.05, 3.63) is 40.8 Å². The number of hydrogen-bond acceptors (Lipinski definition) is 5. The van der Waals surface area contributed by atoms with Crippen molar-refractivity contribution in [1.82, 2.24) is 14.8 Å². The van der Waals surface area contributed by atoms with E-state index in [4.69, 9.17) is 16.3 Å². The van der Waals surface area contributed by atoms with Crippen LogP contribution in [0.5, 0.6) is 0 Å². The van der Waals surface area contributed by atoms with Gasteiger partial charge in [0.05, 0.1) is 24.9 Å². The predicted octanol–water partition coefficient (Wildman–Crippen LogP) is 3.38. The van der Waals surface area contributed by atoms with Crippen LogP contribution in [0.15, 0.2) is 24.4 Å². The average molecular weight is 337 g/mol. The predicted molar refractivity (Wildman–Crippen MR) is 89.6 cm³/mol. The summed E-state index contributed by atoms with van der Waals surface area (Å²) >= 11 is 5.94. The second-order valence-corrected chi connectivity index (χ2v) is 6.86. The Balaban J connectivity index is 2.03. The quantitative estimate of drug-likeness (QED) is 0.669. The lowest BCUT2D eigenvalue weighted by atomic mass is 9.97. The van der Waals surface area contributed by atoms with E-state index in [0.717, 1.165) is 12.4 Å². The lowest BCUT2D eigenvalue weighted by Crippen LogP contribution is -2.16. The molecule has 0 unspecified atom stereocenters. The molecule has 2 aromatic heterocycles. The molecule has 7 heteroatoms. The summed E-state index contributed by atoms with van der Waals surface area (Å²) in [5.74, 6) is 0.306. The fourth-order valence-corrected chi connectivity index (χ4v) is 2.31. The fraction of sp³-hybridized carbons (Fsp3) is 0.438. The summed E-state index contributed by atoms with van der Waals surface area (Å²) in [7, 11) is 1.33. The molecule has 0 radical (unpaired) electrons. The maximum absolute atomic E-state index is 11.6. The molecule has 2 aromatic rings. The molecule has 0 aliphatic rings. The standard InChI is InChI=1S/C16H21ClN4O2/c1-16(2,3)10-21-6-5-14(20-21)18-9-12-7-11(15(22)23-4)8-13(17)19-12/h5-8H,9-10H2,1-4H3,(H,18,20). The van der Waals surface area contributed by atoms with E-state index in [1.807, 2.05) is 16.9 Å². The molecule has 0 saturated carbocycles. The van der Waals surface area contributed by atoms with E-state index in [1.165, 1.54) is 13.2 Å². The number of carbonyl (C=O) groups excluding carboxylic acids is 1. The number of aromatic nitrogens is 3. The molecule has 0 saturated heterocycles. The van der Waals surface area contributed by atoms with Gasteiger partial charge in [0.15, 0.2) is 0 Å². The van der Waals surface area contributed by atoms with E-state index in [0.29, 0.717) is 17.8 Å². The number of halogens is 1. The Labute approximate surface area is 140 Å². The van der Waals surface area contributed by atoms with Crippen LogP contribution in [0.2, 0.25) is 5.15 Å². The third-order valence-electron chi connectivity index (χ3n) is 3.00. The highest BCUT2D eigenvalue weighted by Gasteiger charge is 2.12. The van der Waals surface area contributed by atoms with Crippen LogP contribution in [-0.2, 0) is 17.8 Å². The third-order valence-corrected chi connectivity index (χ3v) is 3.19.